The van der Waals surface area contributed by atoms with E-state index in [4.69, 9.17) is 4.74 Å². The minimum atomic E-state index is -0.0570. The lowest BCUT2D eigenvalue weighted by atomic mass is 10.2. The van der Waals surface area contributed by atoms with Gasteiger partial charge in [0.1, 0.15) is 0 Å². The van der Waals surface area contributed by atoms with E-state index >= 15 is 0 Å². The van der Waals surface area contributed by atoms with E-state index in [1.54, 1.807) is 36.8 Å². The van der Waals surface area contributed by atoms with Crippen LogP contribution in [0, 0.1) is 0 Å². The summed E-state index contributed by atoms with van der Waals surface area (Å²) in [6.07, 6.45) is 2.58. The third kappa shape index (κ3) is 4.17. The summed E-state index contributed by atoms with van der Waals surface area (Å²) >= 11 is 1.58. The molecule has 0 spiro atoms. The van der Waals surface area contributed by atoms with Gasteiger partial charge in [0, 0.05) is 29.9 Å². The van der Waals surface area contributed by atoms with Crippen molar-refractivity contribution in [3.05, 3.63) is 59.0 Å². The number of carbonyl (C=O) groups excluding carboxylic acids is 1. The van der Waals surface area contributed by atoms with Crippen LogP contribution in [-0.2, 0) is 11.2 Å². The van der Waals surface area contributed by atoms with E-state index in [-0.39, 0.29) is 5.91 Å². The first kappa shape index (κ1) is 16.1. The van der Waals surface area contributed by atoms with Crippen molar-refractivity contribution in [1.82, 2.24) is 9.97 Å². The third-order valence-corrected chi connectivity index (χ3v) is 4.33. The van der Waals surface area contributed by atoms with Gasteiger partial charge < -0.3 is 10.1 Å². The number of anilines is 1. The molecule has 1 aromatic carbocycles. The van der Waals surface area contributed by atoms with E-state index in [0.717, 1.165) is 16.3 Å². The van der Waals surface area contributed by atoms with Crippen molar-refractivity contribution >= 4 is 22.9 Å². The van der Waals surface area contributed by atoms with Crippen molar-refractivity contribution in [3.8, 4) is 17.1 Å². The van der Waals surface area contributed by atoms with Crippen LogP contribution in [0.25, 0.3) is 11.3 Å². The standard InChI is InChI=1S/C18H17N3O2S/c1-23-17-9-7-14(11-19-17)20-16(22)8-10-18-21-15(12-24-18)13-5-3-2-4-6-13/h2-7,9,11-12H,8,10H2,1H3,(H,20,22). The minimum absolute atomic E-state index is 0.0570. The maximum absolute atomic E-state index is 12.0. The summed E-state index contributed by atoms with van der Waals surface area (Å²) in [4.78, 5) is 20.7. The Morgan fingerprint density at radius 1 is 1.21 bits per heavy atom. The second kappa shape index (κ2) is 7.70. The molecule has 0 aliphatic carbocycles. The highest BCUT2D eigenvalue weighted by Crippen LogP contribution is 2.22. The molecule has 0 aliphatic heterocycles. The van der Waals surface area contributed by atoms with Gasteiger partial charge in [0.05, 0.1) is 29.7 Å². The van der Waals surface area contributed by atoms with Gasteiger partial charge in [-0.15, -0.1) is 11.3 Å². The van der Waals surface area contributed by atoms with Crippen LogP contribution in [0.1, 0.15) is 11.4 Å². The molecule has 0 unspecified atom stereocenters. The Morgan fingerprint density at radius 3 is 2.75 bits per heavy atom. The lowest BCUT2D eigenvalue weighted by Gasteiger charge is -2.04. The molecule has 0 atom stereocenters. The number of methoxy groups -OCH3 is 1. The van der Waals surface area contributed by atoms with Gasteiger partial charge in [-0.3, -0.25) is 4.79 Å². The van der Waals surface area contributed by atoms with E-state index in [1.807, 2.05) is 35.7 Å². The number of pyridine rings is 1. The number of aromatic nitrogens is 2. The van der Waals surface area contributed by atoms with Crippen molar-refractivity contribution < 1.29 is 9.53 Å². The summed E-state index contributed by atoms with van der Waals surface area (Å²) in [5.74, 6) is 0.461. The van der Waals surface area contributed by atoms with Gasteiger partial charge in [0.25, 0.3) is 0 Å². The van der Waals surface area contributed by atoms with E-state index < -0.39 is 0 Å². The van der Waals surface area contributed by atoms with Gasteiger partial charge in [-0.2, -0.15) is 0 Å². The second-order valence-electron chi connectivity index (χ2n) is 5.13. The topological polar surface area (TPSA) is 64.1 Å². The Hall–Kier alpha value is -2.73. The summed E-state index contributed by atoms with van der Waals surface area (Å²) < 4.78 is 4.99. The Bertz CT molecular complexity index is 801. The highest BCUT2D eigenvalue weighted by Gasteiger charge is 2.08. The fraction of sp³-hybridized carbons (Fsp3) is 0.167. The zero-order valence-electron chi connectivity index (χ0n) is 13.2. The van der Waals surface area contributed by atoms with Gasteiger partial charge in [-0.1, -0.05) is 30.3 Å². The molecule has 1 N–H and O–H groups in total. The number of hydrogen-bond donors (Lipinski definition) is 1. The van der Waals surface area contributed by atoms with E-state index in [2.05, 4.69) is 15.3 Å². The molecule has 0 radical (unpaired) electrons. The first-order chi connectivity index (χ1) is 11.7. The molecule has 0 fully saturated rings. The number of hydrogen-bond acceptors (Lipinski definition) is 5. The van der Waals surface area contributed by atoms with Crippen molar-refractivity contribution in [2.24, 2.45) is 0 Å². The van der Waals surface area contributed by atoms with Crippen LogP contribution in [0.2, 0.25) is 0 Å². The quantitative estimate of drug-likeness (QED) is 0.742. The molecule has 2 heterocycles. The van der Waals surface area contributed by atoms with Gasteiger partial charge in [0.2, 0.25) is 11.8 Å². The number of benzene rings is 1. The molecule has 3 rings (SSSR count). The Kier molecular flexibility index (Phi) is 5.18. The highest BCUT2D eigenvalue weighted by molar-refractivity contribution is 7.09. The lowest BCUT2D eigenvalue weighted by molar-refractivity contribution is -0.116. The zero-order chi connectivity index (χ0) is 16.8. The van der Waals surface area contributed by atoms with Crippen LogP contribution < -0.4 is 10.1 Å². The Labute approximate surface area is 144 Å². The zero-order valence-corrected chi connectivity index (χ0v) is 14.0. The van der Waals surface area contributed by atoms with Gasteiger partial charge in [-0.25, -0.2) is 9.97 Å². The van der Waals surface area contributed by atoms with Gasteiger partial charge in [0.15, 0.2) is 0 Å². The SMILES string of the molecule is COc1ccc(NC(=O)CCc2nc(-c3ccccc3)cs2)cn1. The molecular weight excluding hydrogens is 322 g/mol. The lowest BCUT2D eigenvalue weighted by Crippen LogP contribution is -2.12. The Morgan fingerprint density at radius 2 is 2.04 bits per heavy atom. The molecule has 0 aliphatic rings. The maximum atomic E-state index is 12.0. The van der Waals surface area contributed by atoms with Gasteiger partial charge in [-0.05, 0) is 6.07 Å². The number of thiazole rings is 1. The highest BCUT2D eigenvalue weighted by atomic mass is 32.1. The molecule has 0 saturated carbocycles. The predicted octanol–water partition coefficient (Wildman–Crippen LogP) is 3.79. The fourth-order valence-corrected chi connectivity index (χ4v) is 2.99. The van der Waals surface area contributed by atoms with Crippen LogP contribution >= 0.6 is 11.3 Å². The van der Waals surface area contributed by atoms with E-state index in [0.29, 0.717) is 24.4 Å². The summed E-state index contributed by atoms with van der Waals surface area (Å²) in [5, 5.41) is 5.80. The summed E-state index contributed by atoms with van der Waals surface area (Å²) in [6.45, 7) is 0. The first-order valence-electron chi connectivity index (χ1n) is 7.54. The monoisotopic (exact) mass is 339 g/mol. The van der Waals surface area contributed by atoms with Crippen molar-refractivity contribution in [2.45, 2.75) is 12.8 Å². The molecule has 0 bridgehead atoms. The van der Waals surface area contributed by atoms with Crippen molar-refractivity contribution in [3.63, 3.8) is 0 Å². The molecule has 5 nitrogen and oxygen atoms in total. The maximum Gasteiger partial charge on any atom is 0.224 e. The van der Waals surface area contributed by atoms with Crippen LogP contribution in [0.5, 0.6) is 5.88 Å². The number of rotatable bonds is 6. The summed E-state index contributed by atoms with van der Waals surface area (Å²) in [5.41, 5.74) is 2.70. The third-order valence-electron chi connectivity index (χ3n) is 3.42. The average molecular weight is 339 g/mol. The molecule has 3 aromatic rings. The van der Waals surface area contributed by atoms with Crippen molar-refractivity contribution in [1.29, 1.82) is 0 Å². The number of carbonyl (C=O) groups is 1. The molecule has 122 valence electrons. The van der Waals surface area contributed by atoms with Crippen molar-refractivity contribution in [2.75, 3.05) is 12.4 Å². The fourth-order valence-electron chi connectivity index (χ4n) is 2.19. The smallest absolute Gasteiger partial charge is 0.224 e. The summed E-state index contributed by atoms with van der Waals surface area (Å²) in [7, 11) is 1.55. The average Bonchev–Trinajstić information content (AvgIpc) is 3.10. The predicted molar refractivity (Wildman–Crippen MR) is 95.3 cm³/mol. The minimum Gasteiger partial charge on any atom is -0.481 e. The molecule has 0 saturated heterocycles. The normalized spacial score (nSPS) is 10.4. The molecule has 1 amide bonds. The van der Waals surface area contributed by atoms with Crippen LogP contribution in [0.4, 0.5) is 5.69 Å². The molecule has 2 aromatic heterocycles. The summed E-state index contributed by atoms with van der Waals surface area (Å²) in [6, 6.07) is 13.5. The molecule has 6 heteroatoms. The number of amides is 1. The molecule has 24 heavy (non-hydrogen) atoms. The van der Waals surface area contributed by atoms with E-state index in [9.17, 15) is 4.79 Å². The van der Waals surface area contributed by atoms with Gasteiger partial charge >= 0.3 is 0 Å². The molecular formula is C18H17N3O2S. The van der Waals surface area contributed by atoms with Crippen LogP contribution in [-0.4, -0.2) is 23.0 Å². The second-order valence-corrected chi connectivity index (χ2v) is 6.07. The largest absolute Gasteiger partial charge is 0.481 e. The number of nitrogens with one attached hydrogen (secondary N) is 1. The number of aryl methyl sites for hydroxylation is 1. The number of nitrogens with zero attached hydrogens (tertiary/aromatic N) is 2. The Balaban J connectivity index is 1.53. The number of ether oxygens (including phenoxy) is 1. The van der Waals surface area contributed by atoms with Crippen LogP contribution in [0.3, 0.4) is 0 Å². The first-order valence-corrected chi connectivity index (χ1v) is 8.42. The van der Waals surface area contributed by atoms with E-state index in [1.165, 1.54) is 0 Å². The van der Waals surface area contributed by atoms with Crippen LogP contribution in [0.15, 0.2) is 54.0 Å².